The maximum Gasteiger partial charge on any atom is 0.245 e. The molecular weight excluding hydrogens is 394 g/mol. The minimum Gasteiger partial charge on any atom is -0.507 e. The first kappa shape index (κ1) is 21.1. The number of piperazine rings is 1. The molecule has 3 aromatic rings. The third-order valence-electron chi connectivity index (χ3n) is 5.67. The summed E-state index contributed by atoms with van der Waals surface area (Å²) in [5.41, 5.74) is 2.59. The van der Waals surface area contributed by atoms with Crippen LogP contribution in [0.4, 0.5) is 5.95 Å². The van der Waals surface area contributed by atoms with E-state index >= 15 is 0 Å². The highest BCUT2D eigenvalue weighted by atomic mass is 16.3. The van der Waals surface area contributed by atoms with Crippen molar-refractivity contribution in [2.75, 3.05) is 31.6 Å². The van der Waals surface area contributed by atoms with Gasteiger partial charge in [0.2, 0.25) is 5.95 Å². The minimum atomic E-state index is -0.837. The Morgan fingerprint density at radius 3 is 2.48 bits per heavy atom. The number of anilines is 1. The molecular formula is C22H27N7O2. The summed E-state index contributed by atoms with van der Waals surface area (Å²) in [4.78, 5) is 17.0. The van der Waals surface area contributed by atoms with Gasteiger partial charge in [0.05, 0.1) is 23.5 Å². The average Bonchev–Trinajstić information content (AvgIpc) is 2.73. The molecule has 1 atom stereocenters. The quantitative estimate of drug-likeness (QED) is 0.652. The Labute approximate surface area is 181 Å². The van der Waals surface area contributed by atoms with Crippen LogP contribution >= 0.6 is 0 Å². The van der Waals surface area contributed by atoms with E-state index in [0.29, 0.717) is 23.8 Å². The van der Waals surface area contributed by atoms with E-state index in [4.69, 9.17) is 0 Å². The van der Waals surface area contributed by atoms with E-state index in [2.05, 4.69) is 30.0 Å². The molecule has 9 nitrogen and oxygen atoms in total. The molecule has 1 aromatic carbocycles. The van der Waals surface area contributed by atoms with E-state index in [1.807, 2.05) is 44.9 Å². The zero-order chi connectivity index (χ0) is 22.2. The molecule has 1 aliphatic heterocycles. The number of rotatable bonds is 4. The number of hydrogen-bond acceptors (Lipinski definition) is 9. The van der Waals surface area contributed by atoms with Gasteiger partial charge in [0.1, 0.15) is 17.8 Å². The molecule has 0 radical (unpaired) electrons. The van der Waals surface area contributed by atoms with E-state index in [0.717, 1.165) is 30.0 Å². The Kier molecular flexibility index (Phi) is 5.55. The van der Waals surface area contributed by atoms with Gasteiger partial charge < -0.3 is 15.1 Å². The third kappa shape index (κ3) is 4.47. The Balaban J connectivity index is 1.54. The standard InChI is InChI=1S/C22H27N7O2/c1-14-9-17(25-13-24-14)15-5-6-16(19(30)10-15)18-11-23-21(27-26-18)29-8-7-28(4)20(12-29)22(2,3)31/h5-6,9-11,13,20,30-31H,7-8,12H2,1-4H3. The maximum absolute atomic E-state index is 10.6. The fraction of sp³-hybridized carbons (Fsp3) is 0.409. The second-order valence-corrected chi connectivity index (χ2v) is 8.52. The van der Waals surface area contributed by atoms with Crippen LogP contribution in [-0.2, 0) is 0 Å². The number of phenolic OH excluding ortho intramolecular Hbond substituents is 1. The van der Waals surface area contributed by atoms with Crippen molar-refractivity contribution in [1.82, 2.24) is 30.0 Å². The van der Waals surface area contributed by atoms with E-state index in [9.17, 15) is 10.2 Å². The normalized spacial score (nSPS) is 17.7. The zero-order valence-corrected chi connectivity index (χ0v) is 18.2. The van der Waals surface area contributed by atoms with Gasteiger partial charge in [0, 0.05) is 36.5 Å². The highest BCUT2D eigenvalue weighted by molar-refractivity contribution is 5.72. The summed E-state index contributed by atoms with van der Waals surface area (Å²) < 4.78 is 0. The van der Waals surface area contributed by atoms with Gasteiger partial charge in [-0.05, 0) is 46.0 Å². The smallest absolute Gasteiger partial charge is 0.245 e. The Morgan fingerprint density at radius 2 is 1.84 bits per heavy atom. The van der Waals surface area contributed by atoms with Gasteiger partial charge in [0.25, 0.3) is 0 Å². The Hall–Kier alpha value is -3.17. The number of aliphatic hydroxyl groups is 1. The molecule has 1 saturated heterocycles. The lowest BCUT2D eigenvalue weighted by Crippen LogP contribution is -2.60. The molecule has 1 aliphatic rings. The molecule has 4 rings (SSSR count). The fourth-order valence-electron chi connectivity index (χ4n) is 3.88. The summed E-state index contributed by atoms with van der Waals surface area (Å²) in [6, 6.07) is 7.14. The first-order chi connectivity index (χ1) is 14.7. The van der Waals surface area contributed by atoms with Crippen LogP contribution in [0.15, 0.2) is 36.8 Å². The topological polar surface area (TPSA) is 111 Å². The first-order valence-corrected chi connectivity index (χ1v) is 10.2. The molecule has 0 saturated carbocycles. The van der Waals surface area contributed by atoms with Crippen molar-refractivity contribution in [1.29, 1.82) is 0 Å². The van der Waals surface area contributed by atoms with E-state index in [1.54, 1.807) is 18.3 Å². The van der Waals surface area contributed by atoms with Crippen molar-refractivity contribution in [3.8, 4) is 28.3 Å². The number of aryl methyl sites for hydroxylation is 1. The number of aromatic nitrogens is 5. The summed E-state index contributed by atoms with van der Waals surface area (Å²) in [6.07, 6.45) is 3.12. The highest BCUT2D eigenvalue weighted by Crippen LogP contribution is 2.32. The van der Waals surface area contributed by atoms with Gasteiger partial charge in [-0.3, -0.25) is 4.90 Å². The van der Waals surface area contributed by atoms with Gasteiger partial charge >= 0.3 is 0 Å². The molecule has 0 amide bonds. The summed E-state index contributed by atoms with van der Waals surface area (Å²) in [7, 11) is 2.01. The minimum absolute atomic E-state index is 0.0356. The molecule has 31 heavy (non-hydrogen) atoms. The van der Waals surface area contributed by atoms with Crippen LogP contribution < -0.4 is 4.90 Å². The van der Waals surface area contributed by atoms with Crippen LogP contribution in [0.3, 0.4) is 0 Å². The van der Waals surface area contributed by atoms with E-state index < -0.39 is 5.60 Å². The lowest BCUT2D eigenvalue weighted by Gasteiger charge is -2.44. The zero-order valence-electron chi connectivity index (χ0n) is 18.2. The van der Waals surface area contributed by atoms with Crippen molar-refractivity contribution in [2.24, 2.45) is 0 Å². The molecule has 162 valence electrons. The van der Waals surface area contributed by atoms with Crippen LogP contribution in [-0.4, -0.2) is 78.6 Å². The highest BCUT2D eigenvalue weighted by Gasteiger charge is 2.35. The van der Waals surface area contributed by atoms with Crippen molar-refractivity contribution < 1.29 is 10.2 Å². The summed E-state index contributed by atoms with van der Waals surface area (Å²) in [6.45, 7) is 7.68. The average molecular weight is 422 g/mol. The SMILES string of the molecule is Cc1cc(-c2ccc(-c3cnc(N4CCN(C)C(C(C)(C)O)C4)nn3)c(O)c2)ncn1. The van der Waals surface area contributed by atoms with Gasteiger partial charge in [-0.1, -0.05) is 6.07 Å². The van der Waals surface area contributed by atoms with Gasteiger partial charge in [-0.15, -0.1) is 10.2 Å². The predicted octanol–water partition coefficient (Wildman–Crippen LogP) is 1.90. The van der Waals surface area contributed by atoms with Crippen LogP contribution in [0.5, 0.6) is 5.75 Å². The molecule has 0 bridgehead atoms. The molecule has 3 heterocycles. The molecule has 2 aromatic heterocycles. The van der Waals surface area contributed by atoms with Crippen molar-refractivity contribution in [3.05, 3.63) is 42.5 Å². The summed E-state index contributed by atoms with van der Waals surface area (Å²) in [5.74, 6) is 0.595. The number of likely N-dealkylation sites (N-methyl/N-ethyl adjacent to an activating group) is 1. The first-order valence-electron chi connectivity index (χ1n) is 10.2. The predicted molar refractivity (Wildman–Crippen MR) is 118 cm³/mol. The van der Waals surface area contributed by atoms with Crippen LogP contribution in [0.2, 0.25) is 0 Å². The summed E-state index contributed by atoms with van der Waals surface area (Å²) >= 11 is 0. The van der Waals surface area contributed by atoms with Gasteiger partial charge in [-0.2, -0.15) is 0 Å². The van der Waals surface area contributed by atoms with Crippen LogP contribution in [0.1, 0.15) is 19.5 Å². The van der Waals surface area contributed by atoms with Crippen molar-refractivity contribution in [3.63, 3.8) is 0 Å². The molecule has 1 unspecified atom stereocenters. The molecule has 0 aliphatic carbocycles. The number of benzene rings is 1. The third-order valence-corrected chi connectivity index (χ3v) is 5.67. The lowest BCUT2D eigenvalue weighted by atomic mass is 9.95. The number of phenols is 1. The maximum atomic E-state index is 10.6. The van der Waals surface area contributed by atoms with E-state index in [-0.39, 0.29) is 11.8 Å². The summed E-state index contributed by atoms with van der Waals surface area (Å²) in [5, 5.41) is 29.6. The Bertz CT molecular complexity index is 1070. The van der Waals surface area contributed by atoms with E-state index in [1.165, 1.54) is 6.33 Å². The van der Waals surface area contributed by atoms with Crippen molar-refractivity contribution in [2.45, 2.75) is 32.4 Å². The fourth-order valence-corrected chi connectivity index (χ4v) is 3.88. The molecule has 9 heteroatoms. The van der Waals surface area contributed by atoms with Crippen LogP contribution in [0.25, 0.3) is 22.5 Å². The van der Waals surface area contributed by atoms with Crippen molar-refractivity contribution >= 4 is 5.95 Å². The molecule has 0 spiro atoms. The number of aromatic hydroxyl groups is 1. The lowest BCUT2D eigenvalue weighted by molar-refractivity contribution is -0.0142. The molecule has 1 fully saturated rings. The largest absolute Gasteiger partial charge is 0.507 e. The second-order valence-electron chi connectivity index (χ2n) is 8.52. The van der Waals surface area contributed by atoms with Crippen LogP contribution in [0, 0.1) is 6.92 Å². The molecule has 2 N–H and O–H groups in total. The monoisotopic (exact) mass is 421 g/mol. The second kappa shape index (κ2) is 8.16. The number of hydrogen-bond donors (Lipinski definition) is 2. The number of nitrogens with zero attached hydrogens (tertiary/aromatic N) is 7. The van der Waals surface area contributed by atoms with Gasteiger partial charge in [0.15, 0.2) is 0 Å². The Morgan fingerprint density at radius 1 is 1.03 bits per heavy atom. The van der Waals surface area contributed by atoms with Gasteiger partial charge in [-0.25, -0.2) is 15.0 Å².